The first-order valence-electron chi connectivity index (χ1n) is 0. The smallest absolute Gasteiger partial charge is 3.00 e. The molecule has 0 rings (SSSR count). The second-order valence-corrected chi connectivity index (χ2v) is 0. The van der Waals surface area contributed by atoms with Gasteiger partial charge >= 0.3 is 67.1 Å². The molecule has 62 valence electrons. The summed E-state index contributed by atoms with van der Waals surface area (Å²) in [5, 5.41) is 0. The molecule has 0 bridgehead atoms. The largest absolute Gasteiger partial charge is 5.00 e. The summed E-state index contributed by atoms with van der Waals surface area (Å²) in [6.07, 6.45) is 0. The molecular formula is N5SiTa3W3. The maximum absolute atomic E-state index is 0. The quantitative estimate of drug-likeness (QED) is 0.319. The molecule has 0 N–H and O–H groups in total. The van der Waals surface area contributed by atoms with E-state index in [0.717, 1.165) is 0 Å². The molecule has 0 fully saturated rings. The Bertz CT molecular complexity index is 21.9. The summed E-state index contributed by atoms with van der Waals surface area (Å²) < 4.78 is 0. The molecule has 12 heteroatoms. The third kappa shape index (κ3) is 137. The van der Waals surface area contributed by atoms with Crippen LogP contribution >= 0.6 is 0 Å². The van der Waals surface area contributed by atoms with E-state index < -0.39 is 0 Å². The van der Waals surface area contributed by atoms with E-state index in [9.17, 15) is 0 Å². The van der Waals surface area contributed by atoms with Gasteiger partial charge in [0, 0.05) is 74.2 Å². The van der Waals surface area contributed by atoms with Crippen LogP contribution in [0.3, 0.4) is 0 Å². The van der Waals surface area contributed by atoms with Crippen molar-refractivity contribution in [2.75, 3.05) is 0 Å². The van der Waals surface area contributed by atoms with Gasteiger partial charge in [-0.2, -0.15) is 0 Å². The zero-order valence-electron chi connectivity index (χ0n) is 5.30. The second-order valence-electron chi connectivity index (χ2n) is 0. The fourth-order valence-corrected chi connectivity index (χ4v) is 0. The molecule has 0 aromatic rings. The first-order valence-corrected chi connectivity index (χ1v) is 0. The van der Waals surface area contributed by atoms with Gasteiger partial charge in [0.1, 0.15) is 0 Å². The maximum Gasteiger partial charge on any atom is 5.00 e. The molecule has 0 aliphatic rings. The normalized spacial score (nSPS) is 0. The third-order valence-corrected chi connectivity index (χ3v) is 0. The molecule has 0 aliphatic carbocycles. The van der Waals surface area contributed by atoms with Crippen LogP contribution in [0.15, 0.2) is 0 Å². The first kappa shape index (κ1) is 206. The molecule has 0 aromatic heterocycles. The Kier molecular flexibility index (Phi) is 2910. The zero-order chi connectivity index (χ0) is 0. The van der Waals surface area contributed by atoms with Crippen LogP contribution in [-0.4, -0.2) is 11.0 Å². The van der Waals surface area contributed by atoms with Crippen LogP contribution in [0.1, 0.15) is 0 Å². The van der Waals surface area contributed by atoms with Gasteiger partial charge in [0.15, 0.2) is 0 Å². The average molecular weight is 1190 g/mol. The first-order chi connectivity index (χ1) is 0. The zero-order valence-corrected chi connectivity index (χ0v) is 24.7. The predicted octanol–water partition coefficient (Wildman–Crippen LogP) is 1.05. The van der Waals surface area contributed by atoms with Gasteiger partial charge in [-0.15, -0.1) is 0 Å². The van der Waals surface area contributed by atoms with Crippen LogP contribution in [0.5, 0.6) is 0 Å². The second kappa shape index (κ2) is 169. The van der Waals surface area contributed by atoms with E-state index in [1.54, 1.807) is 0 Å². The van der Waals surface area contributed by atoms with E-state index in [1.807, 2.05) is 0 Å². The molecular weight excluding hydrogens is 1190 g/mol. The van der Waals surface area contributed by atoms with E-state index in [0.29, 0.717) is 0 Å². The van der Waals surface area contributed by atoms with Crippen LogP contribution in [-0.2, 0) is 130 Å². The Morgan fingerprint density at radius 2 is 0.333 bits per heavy atom. The molecule has 0 aliphatic heterocycles. The predicted molar refractivity (Wildman–Crippen MR) is 22.5 cm³/mol. The molecule has 0 amide bonds. The molecule has 0 spiro atoms. The number of rotatable bonds is 0. The fraction of sp³-hybridized carbons (Fsp3) is 0. The van der Waals surface area contributed by atoms with Gasteiger partial charge in [0.25, 0.3) is 0 Å². The Morgan fingerprint density at radius 1 is 0.333 bits per heavy atom. The van der Waals surface area contributed by atoms with E-state index in [1.165, 1.54) is 0 Å². The van der Waals surface area contributed by atoms with Gasteiger partial charge in [0.2, 0.25) is 0 Å². The third-order valence-electron chi connectivity index (χ3n) is 0. The molecule has 0 saturated heterocycles. The van der Waals surface area contributed by atoms with Crippen molar-refractivity contribution in [1.29, 1.82) is 0 Å². The maximum atomic E-state index is 0. The van der Waals surface area contributed by atoms with Crippen molar-refractivity contribution in [3.05, 3.63) is 30.8 Å². The summed E-state index contributed by atoms with van der Waals surface area (Å²) in [5.41, 5.74) is 0. The van der Waals surface area contributed by atoms with Crippen molar-refractivity contribution in [2.24, 2.45) is 0 Å². The van der Waals surface area contributed by atoms with Crippen LogP contribution in [0, 0.1) is 0 Å². The van der Waals surface area contributed by atoms with Gasteiger partial charge in [-0.1, -0.05) is 0 Å². The molecule has 12 heavy (non-hydrogen) atoms. The Balaban J connectivity index is 0. The molecule has 5 nitrogen and oxygen atoms in total. The molecule has 0 heterocycles. The summed E-state index contributed by atoms with van der Waals surface area (Å²) >= 11 is 0. The average Bonchev–Trinajstić information content (AvgIpc) is 0. The summed E-state index contributed by atoms with van der Waals surface area (Å²) in [6, 6.07) is 0. The Hall–Kier alpha value is 4.30. The monoisotopic (exact) mass is 1190 g/mol. The van der Waals surface area contributed by atoms with E-state index in [2.05, 4.69) is 0 Å². The van der Waals surface area contributed by atoms with Crippen molar-refractivity contribution in [1.82, 2.24) is 0 Å². The van der Waals surface area contributed by atoms with Crippen molar-refractivity contribution >= 4 is 11.0 Å². The fourth-order valence-electron chi connectivity index (χ4n) is 0. The van der Waals surface area contributed by atoms with E-state index >= 15 is 0 Å². The van der Waals surface area contributed by atoms with Gasteiger partial charge in [-0.05, 0) is 0 Å². The molecule has 0 aromatic carbocycles. The van der Waals surface area contributed by atoms with E-state index in [-0.39, 0.29) is 172 Å². The van der Waals surface area contributed by atoms with E-state index in [4.69, 9.17) is 0 Å². The minimum atomic E-state index is 0. The molecule has 0 atom stereocenters. The summed E-state index contributed by atoms with van der Waals surface area (Å²) in [6.45, 7) is 0. The summed E-state index contributed by atoms with van der Waals surface area (Å²) in [4.78, 5) is 0. The van der Waals surface area contributed by atoms with Gasteiger partial charge < -0.3 is 30.8 Å². The molecule has 0 unspecified atom stereocenters. The number of hydrogen-bond acceptors (Lipinski definition) is 0. The van der Waals surface area contributed by atoms with Gasteiger partial charge in [-0.25, -0.2) is 0 Å². The Labute approximate surface area is 169 Å². The minimum absolute atomic E-state index is 0. The SMILES string of the molecule is [N-3].[N-3].[N-3].[N-3].[N-3].[Si].[Ta+5].[Ta+5].[Ta+5].[W].[W].[W]. The van der Waals surface area contributed by atoms with Gasteiger partial charge in [-0.3, -0.25) is 0 Å². The van der Waals surface area contributed by atoms with Crippen molar-refractivity contribution in [3.8, 4) is 0 Å². The molecule has 0 saturated carbocycles. The minimum Gasteiger partial charge on any atom is -3.00 e. The number of nitrogens with zero attached hydrogens (tertiary/aromatic N) is 5. The van der Waals surface area contributed by atoms with Crippen molar-refractivity contribution in [3.63, 3.8) is 0 Å². The topological polar surface area (TPSA) is 152 Å². The molecule has 4 radical (unpaired) electrons. The van der Waals surface area contributed by atoms with Gasteiger partial charge in [0.05, 0.1) is 0 Å². The summed E-state index contributed by atoms with van der Waals surface area (Å²) in [7, 11) is 0. The van der Waals surface area contributed by atoms with Crippen LogP contribution in [0.25, 0.3) is 30.8 Å². The van der Waals surface area contributed by atoms with Crippen LogP contribution in [0.2, 0.25) is 0 Å². The Morgan fingerprint density at radius 3 is 0.333 bits per heavy atom. The van der Waals surface area contributed by atoms with Crippen molar-refractivity contribution in [2.45, 2.75) is 0 Å². The van der Waals surface area contributed by atoms with Crippen LogP contribution < -0.4 is 0 Å². The standard InChI is InChI=1S/5N.Si.3Ta.3W/q5*-3;;3*+5;;;. The van der Waals surface area contributed by atoms with Crippen LogP contribution in [0.4, 0.5) is 0 Å². The van der Waals surface area contributed by atoms with Crippen molar-refractivity contribution < 1.29 is 130 Å². The summed E-state index contributed by atoms with van der Waals surface area (Å²) in [5.74, 6) is 0. The number of hydrogen-bond donors (Lipinski definition) is 0.